The van der Waals surface area contributed by atoms with E-state index in [0.29, 0.717) is 23.0 Å². The zero-order valence-electron chi connectivity index (χ0n) is 16.0. The second kappa shape index (κ2) is 8.46. The number of aromatic nitrogens is 3. The molecule has 0 unspecified atom stereocenters. The number of nitrogens with two attached hydrogens (primary N) is 1. The van der Waals surface area contributed by atoms with Gasteiger partial charge in [-0.3, -0.25) is 4.79 Å². The molecule has 9 heteroatoms. The van der Waals surface area contributed by atoms with Crippen LogP contribution in [0.4, 0.5) is 16.2 Å². The Bertz CT molecular complexity index is 1210. The Labute approximate surface area is 176 Å². The van der Waals surface area contributed by atoms with E-state index < -0.39 is 11.8 Å². The smallest absolute Gasteiger partial charge is 0.275 e. The van der Waals surface area contributed by atoms with Gasteiger partial charge in [0.25, 0.3) is 5.91 Å². The van der Waals surface area contributed by atoms with Crippen LogP contribution in [-0.4, -0.2) is 26.0 Å². The van der Waals surface area contributed by atoms with Crippen molar-refractivity contribution in [2.24, 2.45) is 0 Å². The van der Waals surface area contributed by atoms with E-state index in [0.717, 1.165) is 11.6 Å². The molecule has 4 rings (SSSR count). The fourth-order valence-corrected chi connectivity index (χ4v) is 2.75. The van der Waals surface area contributed by atoms with Gasteiger partial charge < -0.3 is 20.9 Å². The van der Waals surface area contributed by atoms with Crippen molar-refractivity contribution in [3.05, 3.63) is 84.3 Å². The summed E-state index contributed by atoms with van der Waals surface area (Å²) in [5.41, 5.74) is 6.79. The average molecular weight is 417 g/mol. The first kappa shape index (κ1) is 19.8. The van der Waals surface area contributed by atoms with Gasteiger partial charge in [0.2, 0.25) is 11.8 Å². The maximum atomic E-state index is 13.0. The summed E-state index contributed by atoms with van der Waals surface area (Å²) in [5.74, 6) is -0.130. The molecule has 0 spiro atoms. The van der Waals surface area contributed by atoms with Crippen molar-refractivity contribution in [2.75, 3.05) is 11.1 Å². The number of nitrogens with zero attached hydrogens (tertiary/aromatic N) is 3. The summed E-state index contributed by atoms with van der Waals surface area (Å²) >= 11 is 0. The molecular formula is C22H16FN5O3. The van der Waals surface area contributed by atoms with Gasteiger partial charge in [-0.2, -0.15) is 4.98 Å². The van der Waals surface area contributed by atoms with Gasteiger partial charge in [-0.25, -0.2) is 14.4 Å². The summed E-state index contributed by atoms with van der Waals surface area (Å²) in [6, 6.07) is 19.2. The molecule has 0 radical (unpaired) electrons. The summed E-state index contributed by atoms with van der Waals surface area (Å²) in [4.78, 5) is 24.1. The lowest BCUT2D eigenvalue weighted by Gasteiger charge is -2.09. The Morgan fingerprint density at radius 1 is 0.935 bits per heavy atom. The van der Waals surface area contributed by atoms with Gasteiger partial charge in [0, 0.05) is 11.6 Å². The molecule has 0 aliphatic carbocycles. The first-order valence-corrected chi connectivity index (χ1v) is 9.12. The zero-order chi connectivity index (χ0) is 21.8. The molecule has 0 atom stereocenters. The third kappa shape index (κ3) is 4.91. The molecule has 4 N–H and O–H groups in total. The van der Waals surface area contributed by atoms with Crippen LogP contribution in [0.25, 0.3) is 11.3 Å². The molecule has 0 saturated heterocycles. The first-order chi connectivity index (χ1) is 15.0. The van der Waals surface area contributed by atoms with Crippen molar-refractivity contribution in [1.29, 1.82) is 0 Å². The molecule has 0 saturated carbocycles. The second-order valence-electron chi connectivity index (χ2n) is 6.41. The number of rotatable bonds is 5. The van der Waals surface area contributed by atoms with Crippen LogP contribution in [0, 0.1) is 5.82 Å². The monoisotopic (exact) mass is 417 g/mol. The molecule has 31 heavy (non-hydrogen) atoms. The van der Waals surface area contributed by atoms with E-state index in [-0.39, 0.29) is 17.5 Å². The number of pyridine rings is 1. The minimum atomic E-state index is -0.586. The summed E-state index contributed by atoms with van der Waals surface area (Å²) in [6.45, 7) is 0. The summed E-state index contributed by atoms with van der Waals surface area (Å²) in [5, 5.41) is 12.1. The molecule has 0 aliphatic rings. The summed E-state index contributed by atoms with van der Waals surface area (Å²) in [6.07, 6.45) is 0. The third-order valence-electron chi connectivity index (χ3n) is 4.15. The Morgan fingerprint density at radius 3 is 2.29 bits per heavy atom. The van der Waals surface area contributed by atoms with E-state index in [1.807, 2.05) is 12.1 Å². The number of hydrogen-bond donors (Lipinski definition) is 3. The number of benzene rings is 2. The van der Waals surface area contributed by atoms with E-state index in [1.165, 1.54) is 12.1 Å². The minimum Gasteiger partial charge on any atom is -0.493 e. The number of ether oxygens (including phenoxy) is 1. The molecular weight excluding hydrogens is 401 g/mol. The quantitative estimate of drug-likeness (QED) is 0.448. The SMILES string of the molecule is Nc1nc(O)cc(C(=O)Nc2cccc(-c3ccc(Oc4ccc(F)cc4)cc3)n2)n1. The standard InChI is InChI=1S/C22H16FN5O3/c23-14-6-10-16(11-7-14)31-15-8-4-13(5-9-15)17-2-1-3-19(25-17)27-21(30)18-12-20(29)28-22(24)26-18/h1-12H,(H,25,27,30)(H3,24,26,28,29). The Hall–Kier alpha value is -4.53. The number of hydrogen-bond acceptors (Lipinski definition) is 7. The summed E-state index contributed by atoms with van der Waals surface area (Å²) in [7, 11) is 0. The van der Waals surface area contributed by atoms with Crippen LogP contribution in [0.1, 0.15) is 10.5 Å². The molecule has 8 nitrogen and oxygen atoms in total. The number of nitrogen functional groups attached to an aromatic ring is 1. The van der Waals surface area contributed by atoms with Crippen LogP contribution in [0.5, 0.6) is 17.4 Å². The van der Waals surface area contributed by atoms with Crippen molar-refractivity contribution < 1.29 is 19.0 Å². The van der Waals surface area contributed by atoms with Gasteiger partial charge in [-0.1, -0.05) is 6.07 Å². The predicted octanol–water partition coefficient (Wildman–Crippen LogP) is 4.01. The van der Waals surface area contributed by atoms with Crippen molar-refractivity contribution in [3.8, 4) is 28.6 Å². The third-order valence-corrected chi connectivity index (χ3v) is 4.15. The Morgan fingerprint density at radius 2 is 1.61 bits per heavy atom. The minimum absolute atomic E-state index is 0.0838. The van der Waals surface area contributed by atoms with Crippen molar-refractivity contribution >= 4 is 17.7 Å². The van der Waals surface area contributed by atoms with E-state index in [4.69, 9.17) is 10.5 Å². The summed E-state index contributed by atoms with van der Waals surface area (Å²) < 4.78 is 18.7. The van der Waals surface area contributed by atoms with Crippen LogP contribution in [-0.2, 0) is 0 Å². The van der Waals surface area contributed by atoms with E-state index in [1.54, 1.807) is 42.5 Å². The maximum absolute atomic E-state index is 13.0. The topological polar surface area (TPSA) is 123 Å². The van der Waals surface area contributed by atoms with Gasteiger partial charge in [-0.15, -0.1) is 0 Å². The van der Waals surface area contributed by atoms with Gasteiger partial charge in [0.05, 0.1) is 5.69 Å². The molecule has 2 aromatic carbocycles. The van der Waals surface area contributed by atoms with E-state index in [9.17, 15) is 14.3 Å². The van der Waals surface area contributed by atoms with Crippen LogP contribution in [0.2, 0.25) is 0 Å². The lowest BCUT2D eigenvalue weighted by atomic mass is 10.1. The number of amides is 1. The number of carbonyl (C=O) groups is 1. The predicted molar refractivity (Wildman–Crippen MR) is 112 cm³/mol. The van der Waals surface area contributed by atoms with Gasteiger partial charge in [0.15, 0.2) is 0 Å². The average Bonchev–Trinajstić information content (AvgIpc) is 2.75. The lowest BCUT2D eigenvalue weighted by molar-refractivity contribution is 0.102. The fraction of sp³-hybridized carbons (Fsp3) is 0. The molecule has 2 aromatic heterocycles. The molecule has 1 amide bonds. The van der Waals surface area contributed by atoms with Gasteiger partial charge in [-0.05, 0) is 60.7 Å². The van der Waals surface area contributed by atoms with Crippen molar-refractivity contribution in [2.45, 2.75) is 0 Å². The highest BCUT2D eigenvalue weighted by Gasteiger charge is 2.12. The molecule has 2 heterocycles. The highest BCUT2D eigenvalue weighted by atomic mass is 19.1. The van der Waals surface area contributed by atoms with Crippen LogP contribution < -0.4 is 15.8 Å². The Balaban J connectivity index is 1.48. The largest absolute Gasteiger partial charge is 0.493 e. The molecule has 0 fully saturated rings. The molecule has 154 valence electrons. The normalized spacial score (nSPS) is 10.5. The first-order valence-electron chi connectivity index (χ1n) is 9.12. The van der Waals surface area contributed by atoms with Crippen LogP contribution in [0.15, 0.2) is 72.8 Å². The highest BCUT2D eigenvalue weighted by molar-refractivity contribution is 6.02. The fourth-order valence-electron chi connectivity index (χ4n) is 2.75. The second-order valence-corrected chi connectivity index (χ2v) is 6.41. The van der Waals surface area contributed by atoms with Crippen molar-refractivity contribution in [3.63, 3.8) is 0 Å². The van der Waals surface area contributed by atoms with E-state index in [2.05, 4.69) is 20.3 Å². The maximum Gasteiger partial charge on any atom is 0.275 e. The Kier molecular flexibility index (Phi) is 5.39. The number of anilines is 2. The van der Waals surface area contributed by atoms with Gasteiger partial charge in [0.1, 0.15) is 28.8 Å². The molecule has 4 aromatic rings. The van der Waals surface area contributed by atoms with Crippen LogP contribution >= 0.6 is 0 Å². The van der Waals surface area contributed by atoms with Crippen molar-refractivity contribution in [1.82, 2.24) is 15.0 Å². The highest BCUT2D eigenvalue weighted by Crippen LogP contribution is 2.26. The van der Waals surface area contributed by atoms with Crippen LogP contribution in [0.3, 0.4) is 0 Å². The molecule has 0 aliphatic heterocycles. The molecule has 0 bridgehead atoms. The lowest BCUT2D eigenvalue weighted by Crippen LogP contribution is -2.15. The van der Waals surface area contributed by atoms with E-state index >= 15 is 0 Å². The number of nitrogens with one attached hydrogen (secondary N) is 1. The zero-order valence-corrected chi connectivity index (χ0v) is 16.0. The number of aromatic hydroxyl groups is 1. The van der Waals surface area contributed by atoms with Gasteiger partial charge >= 0.3 is 0 Å². The number of halogens is 1. The number of carbonyl (C=O) groups excluding carboxylic acids is 1.